The van der Waals surface area contributed by atoms with Gasteiger partial charge in [0.2, 0.25) is 0 Å². The Labute approximate surface area is 91.7 Å². The quantitative estimate of drug-likeness (QED) is 0.671. The van der Waals surface area contributed by atoms with Gasteiger partial charge in [0.25, 0.3) is 5.71 Å². The molecule has 0 spiro atoms. The second-order valence-corrected chi connectivity index (χ2v) is 3.48. The van der Waals surface area contributed by atoms with Crippen LogP contribution in [0, 0.1) is 0 Å². The molecular weight excluding hydrogens is 202 g/mol. The van der Waals surface area contributed by atoms with Gasteiger partial charge in [-0.3, -0.25) is 0 Å². The van der Waals surface area contributed by atoms with Crippen LogP contribution in [-0.2, 0) is 0 Å². The van der Waals surface area contributed by atoms with Gasteiger partial charge in [-0.2, -0.15) is 0 Å². The molecule has 78 valence electrons. The maximum Gasteiger partial charge on any atom is 0.260 e. The smallest absolute Gasteiger partial charge is 0.260 e. The van der Waals surface area contributed by atoms with Gasteiger partial charge in [-0.15, -0.1) is 0 Å². The summed E-state index contributed by atoms with van der Waals surface area (Å²) >= 11 is 0. The lowest BCUT2D eigenvalue weighted by atomic mass is 10.1. The lowest BCUT2D eigenvalue weighted by Gasteiger charge is -1.98. The molecule has 0 amide bonds. The molecule has 16 heavy (non-hydrogen) atoms. The molecule has 2 N–H and O–H groups in total. The molecule has 0 bridgehead atoms. The number of fused-ring (bicyclic) bond motifs is 1. The molecule has 3 rings (SSSR count). The van der Waals surface area contributed by atoms with Crippen molar-refractivity contribution in [3.8, 4) is 11.3 Å². The number of hydrogen-bond acceptors (Lipinski definition) is 4. The van der Waals surface area contributed by atoms with E-state index in [4.69, 9.17) is 10.3 Å². The van der Waals surface area contributed by atoms with E-state index in [-0.39, 0.29) is 0 Å². The number of anilines is 1. The fourth-order valence-corrected chi connectivity index (χ4v) is 1.62. The monoisotopic (exact) mass is 211 g/mol. The molecule has 0 aliphatic heterocycles. The molecule has 2 aromatic heterocycles. The minimum absolute atomic E-state index is 0.377. The third-order valence-electron chi connectivity index (χ3n) is 2.44. The van der Waals surface area contributed by atoms with Crippen molar-refractivity contribution in [2.24, 2.45) is 0 Å². The fourth-order valence-electron chi connectivity index (χ4n) is 1.62. The first-order valence-electron chi connectivity index (χ1n) is 4.92. The van der Waals surface area contributed by atoms with E-state index >= 15 is 0 Å². The van der Waals surface area contributed by atoms with Crippen molar-refractivity contribution in [2.75, 3.05) is 5.73 Å². The summed E-state index contributed by atoms with van der Waals surface area (Å²) in [6.07, 6.45) is 0. The standard InChI is InChI=1S/C12H9N3O/c13-11-9-6-7-10(14-12(9)16-15-11)8-4-2-1-3-5-8/h1-7H,(H2,13,15). The first kappa shape index (κ1) is 8.91. The Kier molecular flexibility index (Phi) is 1.86. The first-order chi connectivity index (χ1) is 7.84. The van der Waals surface area contributed by atoms with E-state index in [1.807, 2.05) is 42.5 Å². The fraction of sp³-hybridized carbons (Fsp3) is 0. The number of hydrogen-bond donors (Lipinski definition) is 1. The van der Waals surface area contributed by atoms with Gasteiger partial charge in [0.15, 0.2) is 5.82 Å². The molecular formula is C12H9N3O. The highest BCUT2D eigenvalue weighted by atomic mass is 16.5. The Balaban J connectivity index is 2.19. The topological polar surface area (TPSA) is 64.9 Å². The van der Waals surface area contributed by atoms with E-state index in [9.17, 15) is 0 Å². The third kappa shape index (κ3) is 1.32. The Morgan fingerprint density at radius 3 is 2.62 bits per heavy atom. The Morgan fingerprint density at radius 1 is 1.00 bits per heavy atom. The average molecular weight is 211 g/mol. The van der Waals surface area contributed by atoms with Crippen LogP contribution < -0.4 is 5.73 Å². The predicted octanol–water partition coefficient (Wildman–Crippen LogP) is 2.47. The second kappa shape index (κ2) is 3.34. The molecule has 2 heterocycles. The van der Waals surface area contributed by atoms with Crippen LogP contribution in [0.15, 0.2) is 47.0 Å². The van der Waals surface area contributed by atoms with Crippen molar-refractivity contribution in [2.45, 2.75) is 0 Å². The normalized spacial score (nSPS) is 10.8. The summed E-state index contributed by atoms with van der Waals surface area (Å²) in [4.78, 5) is 4.36. The number of nitrogens with zero attached hydrogens (tertiary/aromatic N) is 2. The van der Waals surface area contributed by atoms with Crippen molar-refractivity contribution in [3.63, 3.8) is 0 Å². The largest absolute Gasteiger partial charge is 0.380 e. The maximum atomic E-state index is 5.62. The highest BCUT2D eigenvalue weighted by Gasteiger charge is 2.07. The molecule has 0 aliphatic rings. The van der Waals surface area contributed by atoms with Crippen molar-refractivity contribution < 1.29 is 4.52 Å². The van der Waals surface area contributed by atoms with Gasteiger partial charge in [-0.1, -0.05) is 35.5 Å². The van der Waals surface area contributed by atoms with Crippen LogP contribution in [0.1, 0.15) is 0 Å². The van der Waals surface area contributed by atoms with E-state index in [0.29, 0.717) is 11.5 Å². The van der Waals surface area contributed by atoms with Gasteiger partial charge < -0.3 is 10.3 Å². The van der Waals surface area contributed by atoms with Crippen LogP contribution in [0.5, 0.6) is 0 Å². The molecule has 0 saturated heterocycles. The van der Waals surface area contributed by atoms with Crippen LogP contribution in [0.2, 0.25) is 0 Å². The zero-order chi connectivity index (χ0) is 11.0. The molecule has 4 nitrogen and oxygen atoms in total. The summed E-state index contributed by atoms with van der Waals surface area (Å²) in [5.74, 6) is 0.377. The number of nitrogen functional groups attached to an aromatic ring is 1. The first-order valence-corrected chi connectivity index (χ1v) is 4.92. The Bertz CT molecular complexity index is 631. The van der Waals surface area contributed by atoms with Gasteiger partial charge in [0, 0.05) is 5.56 Å². The minimum Gasteiger partial charge on any atom is -0.380 e. The van der Waals surface area contributed by atoms with Crippen LogP contribution in [0.25, 0.3) is 22.4 Å². The lowest BCUT2D eigenvalue weighted by molar-refractivity contribution is 0.453. The predicted molar refractivity (Wildman–Crippen MR) is 61.7 cm³/mol. The summed E-state index contributed by atoms with van der Waals surface area (Å²) in [5.41, 5.74) is 7.98. The van der Waals surface area contributed by atoms with Gasteiger partial charge >= 0.3 is 0 Å². The molecule has 4 heteroatoms. The molecule has 1 aromatic carbocycles. The van der Waals surface area contributed by atoms with Gasteiger partial charge in [0.05, 0.1) is 11.1 Å². The number of rotatable bonds is 1. The van der Waals surface area contributed by atoms with Crippen LogP contribution in [0.4, 0.5) is 5.82 Å². The van der Waals surface area contributed by atoms with Gasteiger partial charge in [0.1, 0.15) is 0 Å². The second-order valence-electron chi connectivity index (χ2n) is 3.48. The van der Waals surface area contributed by atoms with E-state index in [0.717, 1.165) is 16.6 Å². The van der Waals surface area contributed by atoms with E-state index in [1.54, 1.807) is 0 Å². The van der Waals surface area contributed by atoms with E-state index < -0.39 is 0 Å². The molecule has 0 atom stereocenters. The molecule has 3 aromatic rings. The third-order valence-corrected chi connectivity index (χ3v) is 2.44. The molecule has 0 aliphatic carbocycles. The molecule has 0 unspecified atom stereocenters. The van der Waals surface area contributed by atoms with Gasteiger partial charge in [-0.05, 0) is 12.1 Å². The highest BCUT2D eigenvalue weighted by Crippen LogP contribution is 2.23. The van der Waals surface area contributed by atoms with E-state index in [2.05, 4.69) is 10.1 Å². The van der Waals surface area contributed by atoms with Crippen molar-refractivity contribution >= 4 is 16.9 Å². The SMILES string of the molecule is Nc1noc2nc(-c3ccccc3)ccc12. The summed E-state index contributed by atoms with van der Waals surface area (Å²) in [7, 11) is 0. The zero-order valence-electron chi connectivity index (χ0n) is 8.42. The van der Waals surface area contributed by atoms with Crippen LogP contribution in [0.3, 0.4) is 0 Å². The number of aromatic nitrogens is 2. The summed E-state index contributed by atoms with van der Waals surface area (Å²) in [6.45, 7) is 0. The van der Waals surface area contributed by atoms with Crippen LogP contribution >= 0.6 is 0 Å². The zero-order valence-corrected chi connectivity index (χ0v) is 8.42. The summed E-state index contributed by atoms with van der Waals surface area (Å²) in [6, 6.07) is 13.7. The van der Waals surface area contributed by atoms with Crippen LogP contribution in [-0.4, -0.2) is 10.1 Å². The number of benzene rings is 1. The van der Waals surface area contributed by atoms with Crippen molar-refractivity contribution in [1.82, 2.24) is 10.1 Å². The number of pyridine rings is 1. The van der Waals surface area contributed by atoms with Crippen molar-refractivity contribution in [3.05, 3.63) is 42.5 Å². The number of nitrogens with two attached hydrogens (primary N) is 1. The van der Waals surface area contributed by atoms with Gasteiger partial charge in [-0.25, -0.2) is 4.98 Å². The van der Waals surface area contributed by atoms with Crippen molar-refractivity contribution in [1.29, 1.82) is 0 Å². The van der Waals surface area contributed by atoms with E-state index in [1.165, 1.54) is 0 Å². The lowest BCUT2D eigenvalue weighted by Crippen LogP contribution is -1.85. The Hall–Kier alpha value is -2.36. The molecule has 0 saturated carbocycles. The summed E-state index contributed by atoms with van der Waals surface area (Å²) < 4.78 is 5.02. The highest BCUT2D eigenvalue weighted by molar-refractivity contribution is 5.85. The maximum absolute atomic E-state index is 5.62. The summed E-state index contributed by atoms with van der Waals surface area (Å²) in [5, 5.41) is 4.42. The minimum atomic E-state index is 0.377. The average Bonchev–Trinajstić information content (AvgIpc) is 2.72. The Morgan fingerprint density at radius 2 is 1.81 bits per heavy atom. The molecule has 0 radical (unpaired) electrons. The molecule has 0 fully saturated rings.